The number of halogens is 2. The lowest BCUT2D eigenvalue weighted by atomic mass is 9.99. The number of nitrogens with zero attached hydrogens (tertiary/aromatic N) is 2. The highest BCUT2D eigenvalue weighted by Gasteiger charge is 2.34. The molecule has 2 N–H and O–H groups in total. The number of amides is 1. The lowest BCUT2D eigenvalue weighted by molar-refractivity contribution is 0.0919. The van der Waals surface area contributed by atoms with Gasteiger partial charge in [0.2, 0.25) is 0 Å². The Kier molecular flexibility index (Phi) is 7.46. The minimum atomic E-state index is -0.0578. The lowest BCUT2D eigenvalue weighted by Gasteiger charge is -2.29. The van der Waals surface area contributed by atoms with Crippen molar-refractivity contribution in [2.24, 2.45) is 0 Å². The van der Waals surface area contributed by atoms with Crippen molar-refractivity contribution in [2.75, 3.05) is 0 Å². The van der Waals surface area contributed by atoms with Crippen LogP contribution in [-0.2, 0) is 6.61 Å². The Morgan fingerprint density at radius 2 is 1.87 bits per heavy atom. The fourth-order valence-electron chi connectivity index (χ4n) is 4.60. The monoisotopic (exact) mass is 462 g/mol. The van der Waals surface area contributed by atoms with E-state index in [2.05, 4.69) is 22.5 Å². The molecule has 1 aromatic carbocycles. The number of fused-ring (bicyclic) bond motifs is 3. The highest BCUT2D eigenvalue weighted by molar-refractivity contribution is 5.97. The van der Waals surface area contributed by atoms with Crippen LogP contribution < -0.4 is 15.4 Å². The van der Waals surface area contributed by atoms with Crippen LogP contribution in [-0.4, -0.2) is 33.4 Å². The van der Waals surface area contributed by atoms with Crippen LogP contribution in [0.3, 0.4) is 0 Å². The van der Waals surface area contributed by atoms with Crippen LogP contribution in [0.15, 0.2) is 48.8 Å². The van der Waals surface area contributed by atoms with E-state index in [0.29, 0.717) is 30.0 Å². The molecule has 2 aliphatic heterocycles. The summed E-state index contributed by atoms with van der Waals surface area (Å²) in [6.07, 6.45) is 8.46. The number of aryl methyl sites for hydroxylation is 1. The number of pyridine rings is 1. The van der Waals surface area contributed by atoms with Gasteiger partial charge in [-0.15, -0.1) is 24.8 Å². The number of aromatic nitrogens is 2. The van der Waals surface area contributed by atoms with Crippen LogP contribution in [0.1, 0.15) is 47.3 Å². The number of hydrogen-bond acceptors (Lipinski definition) is 4. The van der Waals surface area contributed by atoms with Gasteiger partial charge in [0, 0.05) is 30.5 Å². The summed E-state index contributed by atoms with van der Waals surface area (Å²) in [5.41, 5.74) is 3.48. The second kappa shape index (κ2) is 9.90. The van der Waals surface area contributed by atoms with Crippen LogP contribution in [0.4, 0.5) is 0 Å². The first-order valence-electron chi connectivity index (χ1n) is 10.4. The van der Waals surface area contributed by atoms with Gasteiger partial charge in [-0.2, -0.15) is 0 Å². The summed E-state index contributed by atoms with van der Waals surface area (Å²) in [4.78, 5) is 17.5. The van der Waals surface area contributed by atoms with Crippen LogP contribution >= 0.6 is 24.8 Å². The second-order valence-corrected chi connectivity index (χ2v) is 8.27. The van der Waals surface area contributed by atoms with Gasteiger partial charge in [-0.3, -0.25) is 4.79 Å². The molecule has 0 saturated carbocycles. The van der Waals surface area contributed by atoms with E-state index < -0.39 is 0 Å². The zero-order valence-corrected chi connectivity index (χ0v) is 19.0. The molecular formula is C23H28Cl2N4O2. The number of carbonyl (C=O) groups is 1. The van der Waals surface area contributed by atoms with Crippen molar-refractivity contribution in [2.45, 2.75) is 57.3 Å². The molecule has 2 bridgehead atoms. The number of nitrogens with one attached hydrogen (secondary N) is 2. The molecule has 2 unspecified atom stereocenters. The molecule has 5 rings (SSSR count). The summed E-state index contributed by atoms with van der Waals surface area (Å²) in [6.45, 7) is 2.38. The van der Waals surface area contributed by atoms with Gasteiger partial charge in [0.25, 0.3) is 5.91 Å². The molecule has 6 nitrogen and oxygen atoms in total. The number of para-hydroxylation sites is 1. The van der Waals surface area contributed by atoms with Crippen LogP contribution in [0.2, 0.25) is 0 Å². The summed E-state index contributed by atoms with van der Waals surface area (Å²) in [5, 5.41) is 6.84. The number of hydrogen-bond donors (Lipinski definition) is 2. The Morgan fingerprint density at radius 1 is 1.13 bits per heavy atom. The maximum atomic E-state index is 12.9. The maximum absolute atomic E-state index is 12.9. The Balaban J connectivity index is 0.00000136. The molecule has 2 fully saturated rings. The smallest absolute Gasteiger partial charge is 0.255 e. The molecule has 4 heterocycles. The summed E-state index contributed by atoms with van der Waals surface area (Å²) >= 11 is 0. The van der Waals surface area contributed by atoms with E-state index in [0.717, 1.165) is 24.2 Å². The van der Waals surface area contributed by atoms with Crippen molar-refractivity contribution < 1.29 is 9.53 Å². The molecule has 2 aliphatic rings. The van der Waals surface area contributed by atoms with Crippen molar-refractivity contribution in [3.8, 4) is 5.75 Å². The van der Waals surface area contributed by atoms with Crippen molar-refractivity contribution >= 4 is 36.4 Å². The standard InChI is InChI=1S/C23H26N4O2.2ClH/c1-15-6-9-22-25-19(13-27(22)12-15)14-29-21-5-3-2-4-20(21)23(28)26-18-10-16-7-8-17(11-18)24-16;;/h2-6,9,12-13,16-18,24H,7-8,10-11,14H2,1H3,(H,26,28);2*1H. The molecule has 8 heteroatoms. The van der Waals surface area contributed by atoms with Gasteiger partial charge < -0.3 is 19.8 Å². The molecule has 31 heavy (non-hydrogen) atoms. The molecule has 2 saturated heterocycles. The third kappa shape index (κ3) is 5.14. The Bertz CT molecular complexity index is 1040. The molecule has 0 aliphatic carbocycles. The molecule has 166 valence electrons. The van der Waals surface area contributed by atoms with Gasteiger partial charge in [0.15, 0.2) is 0 Å². The van der Waals surface area contributed by atoms with E-state index in [9.17, 15) is 4.79 Å². The molecule has 0 radical (unpaired) electrons. The number of piperidine rings is 1. The fraction of sp³-hybridized carbons (Fsp3) is 0.391. The number of benzene rings is 1. The zero-order chi connectivity index (χ0) is 19.8. The van der Waals surface area contributed by atoms with Gasteiger partial charge in [0.1, 0.15) is 18.0 Å². The Labute approximate surface area is 194 Å². The first kappa shape index (κ1) is 23.4. The average Bonchev–Trinajstić information content (AvgIpc) is 3.28. The van der Waals surface area contributed by atoms with E-state index >= 15 is 0 Å². The number of rotatable bonds is 5. The van der Waals surface area contributed by atoms with Crippen molar-refractivity contribution in [3.63, 3.8) is 0 Å². The maximum Gasteiger partial charge on any atom is 0.255 e. The zero-order valence-electron chi connectivity index (χ0n) is 17.4. The second-order valence-electron chi connectivity index (χ2n) is 8.27. The Morgan fingerprint density at radius 3 is 2.65 bits per heavy atom. The quantitative estimate of drug-likeness (QED) is 0.599. The predicted octanol–water partition coefficient (Wildman–Crippen LogP) is 4.08. The number of imidazole rings is 1. The van der Waals surface area contributed by atoms with Crippen molar-refractivity contribution in [1.82, 2.24) is 20.0 Å². The fourth-order valence-corrected chi connectivity index (χ4v) is 4.60. The molecule has 2 aromatic heterocycles. The molecule has 1 amide bonds. The van der Waals surface area contributed by atoms with Crippen LogP contribution in [0.5, 0.6) is 5.75 Å². The Hall–Kier alpha value is -2.28. The van der Waals surface area contributed by atoms with Crippen LogP contribution in [0.25, 0.3) is 5.65 Å². The van der Waals surface area contributed by atoms with Gasteiger partial charge in [-0.25, -0.2) is 4.98 Å². The van der Waals surface area contributed by atoms with E-state index in [4.69, 9.17) is 4.74 Å². The van der Waals surface area contributed by atoms with Crippen molar-refractivity contribution in [3.05, 3.63) is 65.6 Å². The van der Waals surface area contributed by atoms with E-state index in [-0.39, 0.29) is 36.8 Å². The minimum absolute atomic E-state index is 0. The summed E-state index contributed by atoms with van der Waals surface area (Å²) in [7, 11) is 0. The first-order chi connectivity index (χ1) is 14.1. The lowest BCUT2D eigenvalue weighted by Crippen LogP contribution is -2.48. The number of ether oxygens (including phenoxy) is 1. The van der Waals surface area contributed by atoms with Gasteiger partial charge in [-0.05, 0) is 56.4 Å². The van der Waals surface area contributed by atoms with E-state index in [1.165, 1.54) is 18.4 Å². The van der Waals surface area contributed by atoms with Gasteiger partial charge >= 0.3 is 0 Å². The van der Waals surface area contributed by atoms with E-state index in [1.54, 1.807) is 0 Å². The highest BCUT2D eigenvalue weighted by Crippen LogP contribution is 2.27. The SMILES string of the molecule is Cc1ccc2nc(COc3ccccc3C(=O)NC3CC4CCC(C3)N4)cn2c1.Cl.Cl. The third-order valence-electron chi connectivity index (χ3n) is 5.96. The highest BCUT2D eigenvalue weighted by atomic mass is 35.5. The minimum Gasteiger partial charge on any atom is -0.486 e. The summed E-state index contributed by atoms with van der Waals surface area (Å²) in [5.74, 6) is 0.535. The van der Waals surface area contributed by atoms with Crippen molar-refractivity contribution in [1.29, 1.82) is 0 Å². The first-order valence-corrected chi connectivity index (χ1v) is 10.4. The molecule has 3 aromatic rings. The normalized spacial score (nSPS) is 21.8. The summed E-state index contributed by atoms with van der Waals surface area (Å²) in [6, 6.07) is 12.8. The average molecular weight is 463 g/mol. The number of carbonyl (C=O) groups excluding carboxylic acids is 1. The molecule has 2 atom stereocenters. The van der Waals surface area contributed by atoms with Gasteiger partial charge in [0.05, 0.1) is 11.3 Å². The topological polar surface area (TPSA) is 67.7 Å². The van der Waals surface area contributed by atoms with Gasteiger partial charge in [-0.1, -0.05) is 18.2 Å². The third-order valence-corrected chi connectivity index (χ3v) is 5.96. The van der Waals surface area contributed by atoms with E-state index in [1.807, 2.05) is 53.2 Å². The largest absolute Gasteiger partial charge is 0.486 e. The predicted molar refractivity (Wildman–Crippen MR) is 126 cm³/mol. The molecule has 0 spiro atoms. The molecular weight excluding hydrogens is 435 g/mol. The summed E-state index contributed by atoms with van der Waals surface area (Å²) < 4.78 is 8.00. The van der Waals surface area contributed by atoms with Crippen LogP contribution in [0, 0.1) is 6.92 Å².